The van der Waals surface area contributed by atoms with Gasteiger partial charge in [0, 0.05) is 6.42 Å². The lowest BCUT2D eigenvalue weighted by Crippen LogP contribution is -2.46. The molecule has 0 aromatic rings. The molecule has 0 bridgehead atoms. The summed E-state index contributed by atoms with van der Waals surface area (Å²) in [6.07, 6.45) is 69.5. The first-order valence-electron chi connectivity index (χ1n) is 31.7. The van der Waals surface area contributed by atoms with Crippen molar-refractivity contribution in [1.82, 2.24) is 5.32 Å². The zero-order valence-electron chi connectivity index (χ0n) is 48.9. The molecule has 0 fully saturated rings. The predicted molar refractivity (Wildman–Crippen MR) is 312 cm³/mol. The summed E-state index contributed by atoms with van der Waals surface area (Å²) in [6.45, 7) is 4.74. The summed E-state index contributed by atoms with van der Waals surface area (Å²) >= 11 is 0. The number of carbonyl (C=O) groups is 1. The van der Waals surface area contributed by atoms with Crippen LogP contribution in [0.4, 0.5) is 0 Å². The smallest absolute Gasteiger partial charge is 0.268 e. The first-order chi connectivity index (χ1) is 35.0. The molecule has 2 N–H and O–H groups in total. The average Bonchev–Trinajstić information content (AvgIpc) is 3.34. The van der Waals surface area contributed by atoms with Crippen molar-refractivity contribution in [3.63, 3.8) is 0 Å². The van der Waals surface area contributed by atoms with Gasteiger partial charge in [-0.05, 0) is 44.9 Å². The number of allylic oxidation sites excluding steroid dienone is 4. The van der Waals surface area contributed by atoms with Crippen molar-refractivity contribution in [2.75, 3.05) is 40.9 Å². The number of nitrogens with zero attached hydrogens (tertiary/aromatic N) is 1. The lowest BCUT2D eigenvalue weighted by atomic mass is 10.0. The Bertz CT molecular complexity index is 1220. The van der Waals surface area contributed by atoms with Crippen molar-refractivity contribution < 1.29 is 32.9 Å². The van der Waals surface area contributed by atoms with Gasteiger partial charge in [-0.2, -0.15) is 0 Å². The van der Waals surface area contributed by atoms with E-state index < -0.39 is 20.0 Å². The number of aliphatic hydroxyl groups is 1. The van der Waals surface area contributed by atoms with Gasteiger partial charge in [-0.15, -0.1) is 0 Å². The van der Waals surface area contributed by atoms with E-state index in [2.05, 4.69) is 43.5 Å². The molecule has 0 aromatic heterocycles. The number of amides is 1. The molecule has 0 spiro atoms. The van der Waals surface area contributed by atoms with Crippen LogP contribution < -0.4 is 10.2 Å². The SMILES string of the molecule is CCCCC/C=C\C/C=C\CCCCCCCCCCCC(=O)NC(COP(=O)([O-])OCC[N+](C)(C)C)C(O)CCCCCCCCCCCCCCCCCCCCCCCCCCCCCCCCC. The number of aliphatic hydroxyl groups excluding tert-OH is 1. The Morgan fingerprint density at radius 2 is 0.806 bits per heavy atom. The van der Waals surface area contributed by atoms with Gasteiger partial charge in [-0.1, -0.05) is 295 Å². The molecule has 72 heavy (non-hydrogen) atoms. The molecule has 0 aromatic carbocycles. The molecule has 9 heteroatoms. The normalized spacial score (nSPS) is 13.9. The number of unbranched alkanes of at least 4 members (excludes halogenated alkanes) is 42. The minimum absolute atomic E-state index is 0.0126. The molecule has 0 saturated heterocycles. The number of nitrogens with one attached hydrogen (secondary N) is 1. The second kappa shape index (κ2) is 54.8. The average molecular weight is 1040 g/mol. The van der Waals surface area contributed by atoms with E-state index in [0.717, 1.165) is 44.9 Å². The Hall–Kier alpha value is -1.02. The number of carbonyl (C=O) groups excluding carboxylic acids is 1. The molecule has 428 valence electrons. The molecule has 0 aliphatic heterocycles. The highest BCUT2D eigenvalue weighted by Gasteiger charge is 2.24. The fraction of sp³-hybridized carbons (Fsp3) is 0.921. The van der Waals surface area contributed by atoms with Gasteiger partial charge in [0.2, 0.25) is 5.91 Å². The van der Waals surface area contributed by atoms with Gasteiger partial charge in [0.05, 0.1) is 39.9 Å². The maximum absolute atomic E-state index is 13.0. The Morgan fingerprint density at radius 1 is 0.486 bits per heavy atom. The molecular weight excluding hydrogens is 912 g/mol. The van der Waals surface area contributed by atoms with Crippen LogP contribution in [0.2, 0.25) is 0 Å². The Labute approximate surface area is 449 Å². The van der Waals surface area contributed by atoms with Gasteiger partial charge in [-0.25, -0.2) is 0 Å². The molecule has 0 saturated carbocycles. The van der Waals surface area contributed by atoms with Crippen molar-refractivity contribution in [2.24, 2.45) is 0 Å². The lowest BCUT2D eigenvalue weighted by molar-refractivity contribution is -0.870. The van der Waals surface area contributed by atoms with E-state index in [9.17, 15) is 19.4 Å². The van der Waals surface area contributed by atoms with Crippen LogP contribution in [0.15, 0.2) is 24.3 Å². The second-order valence-electron chi connectivity index (χ2n) is 23.1. The van der Waals surface area contributed by atoms with Gasteiger partial charge in [0.25, 0.3) is 7.82 Å². The first-order valence-corrected chi connectivity index (χ1v) is 33.1. The van der Waals surface area contributed by atoms with E-state index in [1.165, 1.54) is 250 Å². The summed E-state index contributed by atoms with van der Waals surface area (Å²) in [5.74, 6) is -0.165. The van der Waals surface area contributed by atoms with Crippen molar-refractivity contribution in [3.8, 4) is 0 Å². The fourth-order valence-electron chi connectivity index (χ4n) is 9.72. The third-order valence-corrected chi connectivity index (χ3v) is 15.7. The first kappa shape index (κ1) is 71.0. The highest BCUT2D eigenvalue weighted by atomic mass is 31.2. The quantitative estimate of drug-likeness (QED) is 0.0272. The van der Waals surface area contributed by atoms with Crippen molar-refractivity contribution in [2.45, 2.75) is 334 Å². The van der Waals surface area contributed by atoms with Crippen LogP contribution >= 0.6 is 7.82 Å². The van der Waals surface area contributed by atoms with E-state index in [1.807, 2.05) is 21.1 Å². The molecule has 0 rings (SSSR count). The van der Waals surface area contributed by atoms with Crippen LogP contribution in [-0.4, -0.2) is 68.5 Å². The van der Waals surface area contributed by atoms with Gasteiger partial charge in [-0.3, -0.25) is 9.36 Å². The topological polar surface area (TPSA) is 108 Å². The number of quaternary nitrogens is 1. The molecule has 0 heterocycles. The van der Waals surface area contributed by atoms with Crippen molar-refractivity contribution in [1.29, 1.82) is 0 Å². The number of hydrogen-bond donors (Lipinski definition) is 2. The Balaban J connectivity index is 4.03. The highest BCUT2D eigenvalue weighted by molar-refractivity contribution is 7.45. The molecule has 3 atom stereocenters. The summed E-state index contributed by atoms with van der Waals surface area (Å²) < 4.78 is 23.5. The zero-order valence-corrected chi connectivity index (χ0v) is 49.8. The van der Waals surface area contributed by atoms with Gasteiger partial charge >= 0.3 is 0 Å². The minimum atomic E-state index is -4.58. The maximum Gasteiger partial charge on any atom is 0.268 e. The van der Waals surface area contributed by atoms with E-state index >= 15 is 0 Å². The van der Waals surface area contributed by atoms with Crippen molar-refractivity contribution >= 4 is 13.7 Å². The van der Waals surface area contributed by atoms with E-state index in [4.69, 9.17) is 9.05 Å². The molecule has 0 radical (unpaired) electrons. The highest BCUT2D eigenvalue weighted by Crippen LogP contribution is 2.38. The number of rotatable bonds is 59. The van der Waals surface area contributed by atoms with Crippen LogP contribution in [0, 0.1) is 0 Å². The largest absolute Gasteiger partial charge is 0.756 e. The molecule has 3 unspecified atom stereocenters. The van der Waals surface area contributed by atoms with Crippen LogP contribution in [0.1, 0.15) is 322 Å². The fourth-order valence-corrected chi connectivity index (χ4v) is 10.4. The minimum Gasteiger partial charge on any atom is -0.756 e. The monoisotopic (exact) mass is 1040 g/mol. The number of phosphoric ester groups is 1. The van der Waals surface area contributed by atoms with Crippen molar-refractivity contribution in [3.05, 3.63) is 24.3 Å². The third kappa shape index (κ3) is 56.7. The van der Waals surface area contributed by atoms with Crippen LogP contribution in [0.3, 0.4) is 0 Å². The standard InChI is InChI=1S/C63H125N2O6P/c1-6-8-10-12-14-16-18-20-22-24-26-27-28-29-30-31-32-33-34-35-36-37-39-40-42-44-46-48-50-52-54-56-62(66)61(60-71-72(68,69)70-59-58-65(3,4)5)64-63(67)57-55-53-51-49-47-45-43-41-38-25-23-21-19-17-15-13-11-9-7-2/h15,17,21,23,61-62,66H,6-14,16,18-20,22,24-60H2,1-5H3,(H-,64,67,68,69)/b17-15-,23-21-. The number of hydrogen-bond acceptors (Lipinski definition) is 6. The van der Waals surface area contributed by atoms with E-state index in [-0.39, 0.29) is 19.1 Å². The summed E-state index contributed by atoms with van der Waals surface area (Å²) in [6, 6.07) is -0.803. The Kier molecular flexibility index (Phi) is 54.0. The summed E-state index contributed by atoms with van der Waals surface area (Å²) in [5.41, 5.74) is 0. The summed E-state index contributed by atoms with van der Waals surface area (Å²) in [7, 11) is 1.31. The molecule has 1 amide bonds. The maximum atomic E-state index is 13.0. The van der Waals surface area contributed by atoms with E-state index in [1.54, 1.807) is 0 Å². The zero-order chi connectivity index (χ0) is 52.7. The third-order valence-electron chi connectivity index (χ3n) is 14.7. The molecule has 8 nitrogen and oxygen atoms in total. The summed E-state index contributed by atoms with van der Waals surface area (Å²) in [4.78, 5) is 25.6. The van der Waals surface area contributed by atoms with Gasteiger partial charge in [0.1, 0.15) is 13.2 Å². The number of likely N-dealkylation sites (N-methyl/N-ethyl adjacent to an activating group) is 1. The Morgan fingerprint density at radius 3 is 1.18 bits per heavy atom. The molecule has 0 aliphatic carbocycles. The second-order valence-corrected chi connectivity index (χ2v) is 24.5. The van der Waals surface area contributed by atoms with Gasteiger partial charge in [0.15, 0.2) is 0 Å². The van der Waals surface area contributed by atoms with Gasteiger partial charge < -0.3 is 28.8 Å². The lowest BCUT2D eigenvalue weighted by Gasteiger charge is -2.30. The van der Waals surface area contributed by atoms with Crippen LogP contribution in [-0.2, 0) is 18.4 Å². The predicted octanol–water partition coefficient (Wildman–Crippen LogP) is 18.9. The van der Waals surface area contributed by atoms with E-state index in [0.29, 0.717) is 23.9 Å². The molecular formula is C63H125N2O6P. The number of phosphoric acid groups is 1. The van der Waals surface area contributed by atoms with Crippen LogP contribution in [0.25, 0.3) is 0 Å². The molecule has 0 aliphatic rings. The van der Waals surface area contributed by atoms with Crippen LogP contribution in [0.5, 0.6) is 0 Å². The summed E-state index contributed by atoms with van der Waals surface area (Å²) in [5, 5.41) is 14.1.